The Labute approximate surface area is 67.7 Å². The normalized spacial score (nSPS) is 38.7. The number of rotatable bonds is 1. The van der Waals surface area contributed by atoms with Gasteiger partial charge in [-0.15, -0.1) is 0 Å². The largest absolute Gasteiger partial charge is 0.388 e. The molecule has 1 rings (SSSR count). The third-order valence-electron chi connectivity index (χ3n) is 2.38. The van der Waals surface area contributed by atoms with Crippen molar-refractivity contribution in [3.8, 4) is 0 Å². The van der Waals surface area contributed by atoms with Crippen LogP contribution in [0, 0.1) is 11.3 Å². The van der Waals surface area contributed by atoms with Crippen molar-refractivity contribution < 1.29 is 4.11 Å². The highest BCUT2D eigenvalue weighted by Gasteiger charge is 2.35. The number of allylic oxidation sites excluding steroid dienone is 1. The van der Waals surface area contributed by atoms with Gasteiger partial charge in [0.15, 0.2) is 0 Å². The standard InChI is InChI=1S/C9H17N/c1-7(2)9(4)5-6-10-8(9)3/h7,10H,3,5-6H2,1-2,4H3/i4D3. The van der Waals surface area contributed by atoms with Crippen molar-refractivity contribution in [3.63, 3.8) is 0 Å². The van der Waals surface area contributed by atoms with E-state index in [1.807, 2.05) is 13.8 Å². The van der Waals surface area contributed by atoms with Crippen LogP contribution in [-0.4, -0.2) is 6.54 Å². The zero-order valence-corrected chi connectivity index (χ0v) is 6.70. The molecule has 0 aromatic rings. The SMILES string of the molecule is [2H]C([2H])([2H])C1(C(C)C)CCNC1=C. The molecule has 1 unspecified atom stereocenters. The average Bonchev–Trinajstić information content (AvgIpc) is 2.29. The Kier molecular flexibility index (Phi) is 1.02. The molecule has 1 heteroatoms. The van der Waals surface area contributed by atoms with E-state index < -0.39 is 12.3 Å². The maximum atomic E-state index is 7.57. The van der Waals surface area contributed by atoms with Crippen molar-refractivity contribution in [3.05, 3.63) is 12.3 Å². The van der Waals surface area contributed by atoms with Crippen LogP contribution in [0.25, 0.3) is 0 Å². The Hall–Kier alpha value is -0.460. The maximum Gasteiger partial charge on any atom is 0.0240 e. The Balaban J connectivity index is 3.08. The molecule has 0 amide bonds. The first-order chi connectivity index (χ1) is 5.82. The van der Waals surface area contributed by atoms with Crippen LogP contribution in [0.2, 0.25) is 0 Å². The van der Waals surface area contributed by atoms with Crippen LogP contribution in [0.4, 0.5) is 0 Å². The lowest BCUT2D eigenvalue weighted by Gasteiger charge is -2.28. The second-order valence-corrected chi connectivity index (χ2v) is 3.28. The molecule has 0 saturated carbocycles. The van der Waals surface area contributed by atoms with Crippen LogP contribution in [0.15, 0.2) is 12.3 Å². The molecule has 10 heavy (non-hydrogen) atoms. The highest BCUT2D eigenvalue weighted by Crippen LogP contribution is 2.39. The zero-order valence-electron chi connectivity index (χ0n) is 9.70. The molecule has 1 aliphatic rings. The molecule has 1 saturated heterocycles. The predicted octanol–water partition coefficient (Wildman–Crippen LogP) is 2.16. The fourth-order valence-corrected chi connectivity index (χ4v) is 1.36. The van der Waals surface area contributed by atoms with Gasteiger partial charge in [-0.25, -0.2) is 0 Å². The summed E-state index contributed by atoms with van der Waals surface area (Å²) in [4.78, 5) is 0. The average molecular weight is 142 g/mol. The summed E-state index contributed by atoms with van der Waals surface area (Å²) in [5.74, 6) is 0.0995. The number of hydrogen-bond donors (Lipinski definition) is 1. The van der Waals surface area contributed by atoms with Gasteiger partial charge in [-0.2, -0.15) is 0 Å². The number of hydrogen-bond acceptors (Lipinski definition) is 1. The molecule has 0 bridgehead atoms. The third-order valence-corrected chi connectivity index (χ3v) is 2.38. The quantitative estimate of drug-likeness (QED) is 0.591. The second-order valence-electron chi connectivity index (χ2n) is 3.28. The summed E-state index contributed by atoms with van der Waals surface area (Å²) in [5, 5.41) is 3.04. The lowest BCUT2D eigenvalue weighted by atomic mass is 9.76. The van der Waals surface area contributed by atoms with E-state index in [1.165, 1.54) is 0 Å². The van der Waals surface area contributed by atoms with Crippen LogP contribution in [-0.2, 0) is 0 Å². The Morgan fingerprint density at radius 3 is 2.70 bits per heavy atom. The van der Waals surface area contributed by atoms with Gasteiger partial charge in [-0.05, 0) is 12.3 Å². The van der Waals surface area contributed by atoms with E-state index in [4.69, 9.17) is 4.11 Å². The molecule has 1 nitrogen and oxygen atoms in total. The number of nitrogens with one attached hydrogen (secondary N) is 1. The van der Waals surface area contributed by atoms with Crippen LogP contribution in [0.5, 0.6) is 0 Å². The van der Waals surface area contributed by atoms with E-state index in [0.29, 0.717) is 12.1 Å². The van der Waals surface area contributed by atoms with Crippen molar-refractivity contribution >= 4 is 0 Å². The van der Waals surface area contributed by atoms with E-state index in [1.54, 1.807) is 0 Å². The van der Waals surface area contributed by atoms with Gasteiger partial charge in [0.1, 0.15) is 0 Å². The van der Waals surface area contributed by atoms with Crippen molar-refractivity contribution in [1.82, 2.24) is 5.32 Å². The van der Waals surface area contributed by atoms with Crippen LogP contribution < -0.4 is 5.32 Å². The molecule has 0 spiro atoms. The van der Waals surface area contributed by atoms with Crippen molar-refractivity contribution in [2.75, 3.05) is 6.54 Å². The van der Waals surface area contributed by atoms with Gasteiger partial charge in [0.2, 0.25) is 0 Å². The van der Waals surface area contributed by atoms with Crippen LogP contribution in [0.3, 0.4) is 0 Å². The fourth-order valence-electron chi connectivity index (χ4n) is 1.36. The summed E-state index contributed by atoms with van der Waals surface area (Å²) in [6.07, 6.45) is 0.667. The molecule has 0 aliphatic carbocycles. The predicted molar refractivity (Wildman–Crippen MR) is 44.7 cm³/mol. The molecule has 1 fully saturated rings. The molecule has 0 aromatic carbocycles. The highest BCUT2D eigenvalue weighted by molar-refractivity contribution is 5.12. The Morgan fingerprint density at radius 2 is 2.50 bits per heavy atom. The van der Waals surface area contributed by atoms with Crippen molar-refractivity contribution in [2.24, 2.45) is 11.3 Å². The molecule has 0 radical (unpaired) electrons. The molecule has 1 atom stereocenters. The fraction of sp³-hybridized carbons (Fsp3) is 0.778. The third kappa shape index (κ3) is 0.938. The maximum absolute atomic E-state index is 7.57. The zero-order chi connectivity index (χ0) is 10.3. The summed E-state index contributed by atoms with van der Waals surface area (Å²) >= 11 is 0. The van der Waals surface area contributed by atoms with E-state index in [-0.39, 0.29) is 5.92 Å². The minimum absolute atomic E-state index is 0.0995. The Bertz CT molecular complexity index is 219. The molecule has 1 aliphatic heterocycles. The monoisotopic (exact) mass is 142 g/mol. The summed E-state index contributed by atoms with van der Waals surface area (Å²) in [6.45, 7) is 6.51. The van der Waals surface area contributed by atoms with Crippen LogP contribution in [0.1, 0.15) is 31.2 Å². The first kappa shape index (κ1) is 4.42. The van der Waals surface area contributed by atoms with Crippen molar-refractivity contribution in [2.45, 2.75) is 27.1 Å². The van der Waals surface area contributed by atoms with E-state index in [9.17, 15) is 0 Å². The Morgan fingerprint density at radius 1 is 1.80 bits per heavy atom. The van der Waals surface area contributed by atoms with Crippen LogP contribution >= 0.6 is 0 Å². The molecule has 1 heterocycles. The topological polar surface area (TPSA) is 12.0 Å². The summed E-state index contributed by atoms with van der Waals surface area (Å²) < 4.78 is 22.7. The lowest BCUT2D eigenvalue weighted by Crippen LogP contribution is -2.23. The second kappa shape index (κ2) is 2.30. The van der Waals surface area contributed by atoms with Gasteiger partial charge in [0.05, 0.1) is 0 Å². The molecule has 58 valence electrons. The van der Waals surface area contributed by atoms with Crippen molar-refractivity contribution in [1.29, 1.82) is 0 Å². The van der Waals surface area contributed by atoms with Gasteiger partial charge in [-0.1, -0.05) is 27.3 Å². The first-order valence-corrected chi connectivity index (χ1v) is 3.75. The van der Waals surface area contributed by atoms with Gasteiger partial charge in [0, 0.05) is 21.8 Å². The van der Waals surface area contributed by atoms with E-state index in [2.05, 4.69) is 11.9 Å². The molecular formula is C9H17N. The molecule has 0 aromatic heterocycles. The van der Waals surface area contributed by atoms with E-state index >= 15 is 0 Å². The highest BCUT2D eigenvalue weighted by atomic mass is 14.9. The minimum atomic E-state index is -1.94. The van der Waals surface area contributed by atoms with Gasteiger partial charge in [0.25, 0.3) is 0 Å². The summed E-state index contributed by atoms with van der Waals surface area (Å²) in [5.41, 5.74) is -0.0324. The lowest BCUT2D eigenvalue weighted by molar-refractivity contribution is 0.289. The van der Waals surface area contributed by atoms with Gasteiger partial charge >= 0.3 is 0 Å². The summed E-state index contributed by atoms with van der Waals surface area (Å²) in [6, 6.07) is 0. The summed E-state index contributed by atoms with van der Waals surface area (Å²) in [7, 11) is 0. The van der Waals surface area contributed by atoms with Gasteiger partial charge < -0.3 is 5.32 Å². The molecular weight excluding hydrogens is 122 g/mol. The first-order valence-electron chi connectivity index (χ1n) is 5.25. The smallest absolute Gasteiger partial charge is 0.0240 e. The minimum Gasteiger partial charge on any atom is -0.388 e. The molecule has 1 N–H and O–H groups in total. The van der Waals surface area contributed by atoms with E-state index in [0.717, 1.165) is 6.54 Å². The van der Waals surface area contributed by atoms with Gasteiger partial charge in [-0.3, -0.25) is 0 Å².